The molecule has 0 aliphatic carbocycles. The van der Waals surface area contributed by atoms with Crippen LogP contribution in [0.15, 0.2) is 12.2 Å². The zero-order chi connectivity index (χ0) is 42.4. The molecule has 0 saturated heterocycles. The SMILES string of the molecule is CCC/C=C\CCCCCC(CC(=O)NC(CO)C(O)CCCCCCCCCCCCCCCCCC)OC(=O)CCCCCCCCCCCCCCCCC. The second-order valence-corrected chi connectivity index (χ2v) is 17.9. The number of ether oxygens (including phenoxy) is 1. The quantitative estimate of drug-likeness (QED) is 0.0323. The fourth-order valence-corrected chi connectivity index (χ4v) is 8.14. The molecule has 3 unspecified atom stereocenters. The third-order valence-corrected chi connectivity index (χ3v) is 12.1. The first-order chi connectivity index (χ1) is 28.5. The van der Waals surface area contributed by atoms with Crippen LogP contribution in [0.3, 0.4) is 0 Å². The van der Waals surface area contributed by atoms with Crippen LogP contribution < -0.4 is 5.32 Å². The molecular formula is C52H101NO5. The Morgan fingerprint density at radius 1 is 0.483 bits per heavy atom. The van der Waals surface area contributed by atoms with Gasteiger partial charge in [0.15, 0.2) is 0 Å². The predicted octanol–water partition coefficient (Wildman–Crippen LogP) is 15.3. The van der Waals surface area contributed by atoms with Crippen molar-refractivity contribution in [3.05, 3.63) is 12.2 Å². The standard InChI is InChI=1S/C52H101NO5/c1-4-7-10-13-16-19-21-23-25-27-28-30-32-35-38-41-44-50(55)49(47-54)53-51(56)46-48(43-40-37-34-18-15-12-9-6-3)58-52(57)45-42-39-36-33-31-29-26-24-22-20-17-14-11-8-5-2/h12,15,48-50,54-55H,4-11,13-14,16-47H2,1-3H3,(H,53,56)/b15-12-. The summed E-state index contributed by atoms with van der Waals surface area (Å²) in [6, 6.07) is -0.699. The predicted molar refractivity (Wildman–Crippen MR) is 250 cm³/mol. The van der Waals surface area contributed by atoms with Crippen molar-refractivity contribution in [2.75, 3.05) is 6.61 Å². The summed E-state index contributed by atoms with van der Waals surface area (Å²) in [4.78, 5) is 26.0. The summed E-state index contributed by atoms with van der Waals surface area (Å²) in [6.07, 6.45) is 51.4. The zero-order valence-electron chi connectivity index (χ0n) is 39.2. The highest BCUT2D eigenvalue weighted by molar-refractivity contribution is 5.77. The third kappa shape index (κ3) is 41.3. The average Bonchev–Trinajstić information content (AvgIpc) is 3.22. The van der Waals surface area contributed by atoms with Gasteiger partial charge in [-0.25, -0.2) is 0 Å². The molecule has 0 spiro atoms. The van der Waals surface area contributed by atoms with Gasteiger partial charge in [0.1, 0.15) is 6.10 Å². The Kier molecular flexibility index (Phi) is 45.5. The normalized spacial score (nSPS) is 13.3. The van der Waals surface area contributed by atoms with Gasteiger partial charge in [-0.2, -0.15) is 0 Å². The van der Waals surface area contributed by atoms with Crippen LogP contribution in [0.5, 0.6) is 0 Å². The number of aliphatic hydroxyl groups is 2. The minimum absolute atomic E-state index is 0.0727. The Morgan fingerprint density at radius 2 is 0.862 bits per heavy atom. The lowest BCUT2D eigenvalue weighted by molar-refractivity contribution is -0.151. The monoisotopic (exact) mass is 820 g/mol. The lowest BCUT2D eigenvalue weighted by Gasteiger charge is -2.24. The highest BCUT2D eigenvalue weighted by Gasteiger charge is 2.24. The van der Waals surface area contributed by atoms with Crippen molar-refractivity contribution in [1.82, 2.24) is 5.32 Å². The van der Waals surface area contributed by atoms with Crippen LogP contribution in [0, 0.1) is 0 Å². The molecule has 0 bridgehead atoms. The summed E-state index contributed by atoms with van der Waals surface area (Å²) in [5.41, 5.74) is 0. The van der Waals surface area contributed by atoms with Gasteiger partial charge in [0.25, 0.3) is 0 Å². The molecule has 0 aliphatic heterocycles. The van der Waals surface area contributed by atoms with E-state index in [1.807, 2.05) is 0 Å². The molecule has 0 rings (SSSR count). The van der Waals surface area contributed by atoms with Gasteiger partial charge in [-0.15, -0.1) is 0 Å². The van der Waals surface area contributed by atoms with Crippen LogP contribution in [0.2, 0.25) is 0 Å². The number of nitrogens with one attached hydrogen (secondary N) is 1. The van der Waals surface area contributed by atoms with Crippen molar-refractivity contribution in [1.29, 1.82) is 0 Å². The van der Waals surface area contributed by atoms with E-state index in [1.165, 1.54) is 173 Å². The number of unbranched alkanes of at least 4 members (excludes halogenated alkanes) is 33. The van der Waals surface area contributed by atoms with E-state index >= 15 is 0 Å². The molecule has 0 aromatic heterocycles. The number of carbonyl (C=O) groups is 2. The van der Waals surface area contributed by atoms with E-state index in [4.69, 9.17) is 4.74 Å². The highest BCUT2D eigenvalue weighted by atomic mass is 16.5. The second-order valence-electron chi connectivity index (χ2n) is 17.9. The van der Waals surface area contributed by atoms with E-state index < -0.39 is 18.2 Å². The first-order valence-electron chi connectivity index (χ1n) is 25.9. The molecule has 344 valence electrons. The first kappa shape index (κ1) is 56.6. The minimum Gasteiger partial charge on any atom is -0.462 e. The molecule has 0 saturated carbocycles. The number of carbonyl (C=O) groups excluding carboxylic acids is 2. The van der Waals surface area contributed by atoms with Gasteiger partial charge in [-0.1, -0.05) is 238 Å². The third-order valence-electron chi connectivity index (χ3n) is 12.1. The maximum atomic E-state index is 13.1. The molecule has 3 atom stereocenters. The lowest BCUT2D eigenvalue weighted by Crippen LogP contribution is -2.46. The number of aliphatic hydroxyl groups excluding tert-OH is 2. The summed E-state index contributed by atoms with van der Waals surface area (Å²) in [5, 5.41) is 23.7. The van der Waals surface area contributed by atoms with Crippen molar-refractivity contribution < 1.29 is 24.5 Å². The molecule has 6 nitrogen and oxygen atoms in total. The maximum Gasteiger partial charge on any atom is 0.306 e. The molecule has 1 amide bonds. The van der Waals surface area contributed by atoms with E-state index in [2.05, 4.69) is 38.2 Å². The van der Waals surface area contributed by atoms with E-state index in [0.29, 0.717) is 19.3 Å². The van der Waals surface area contributed by atoms with Gasteiger partial charge >= 0.3 is 5.97 Å². The number of hydrogen-bond donors (Lipinski definition) is 3. The van der Waals surface area contributed by atoms with Crippen LogP contribution >= 0.6 is 0 Å². The molecule has 0 aromatic carbocycles. The Morgan fingerprint density at radius 3 is 1.29 bits per heavy atom. The Labute approximate surface area is 361 Å². The number of amides is 1. The van der Waals surface area contributed by atoms with Crippen LogP contribution in [0.25, 0.3) is 0 Å². The van der Waals surface area contributed by atoms with Crippen molar-refractivity contribution in [2.45, 2.75) is 302 Å². The summed E-state index contributed by atoms with van der Waals surface area (Å²) < 4.78 is 5.90. The molecule has 3 N–H and O–H groups in total. The number of hydrogen-bond acceptors (Lipinski definition) is 5. The molecule has 6 heteroatoms. The highest BCUT2D eigenvalue weighted by Crippen LogP contribution is 2.18. The fraction of sp³-hybridized carbons (Fsp3) is 0.923. The summed E-state index contributed by atoms with van der Waals surface area (Å²) in [6.45, 7) is 6.44. The van der Waals surface area contributed by atoms with E-state index in [-0.39, 0.29) is 24.9 Å². The van der Waals surface area contributed by atoms with Crippen LogP contribution in [-0.4, -0.2) is 46.9 Å². The molecular weight excluding hydrogens is 719 g/mol. The Balaban J connectivity index is 4.36. The van der Waals surface area contributed by atoms with Crippen molar-refractivity contribution in [2.24, 2.45) is 0 Å². The molecule has 0 radical (unpaired) electrons. The number of rotatable bonds is 47. The molecule has 0 fully saturated rings. The molecule has 0 aliphatic rings. The van der Waals surface area contributed by atoms with Gasteiger partial charge in [-0.3, -0.25) is 9.59 Å². The topological polar surface area (TPSA) is 95.9 Å². The molecule has 0 heterocycles. The van der Waals surface area contributed by atoms with Gasteiger partial charge in [0.05, 0.1) is 25.2 Å². The second kappa shape index (κ2) is 46.7. The van der Waals surface area contributed by atoms with Gasteiger partial charge < -0.3 is 20.3 Å². The average molecular weight is 820 g/mol. The lowest BCUT2D eigenvalue weighted by atomic mass is 10.0. The largest absolute Gasteiger partial charge is 0.462 e. The first-order valence-corrected chi connectivity index (χ1v) is 25.9. The van der Waals surface area contributed by atoms with E-state index in [9.17, 15) is 19.8 Å². The summed E-state index contributed by atoms with van der Waals surface area (Å²) in [5.74, 6) is -0.477. The number of esters is 1. The van der Waals surface area contributed by atoms with Crippen LogP contribution in [-0.2, 0) is 14.3 Å². The van der Waals surface area contributed by atoms with Crippen LogP contribution in [0.4, 0.5) is 0 Å². The Hall–Kier alpha value is -1.40. The summed E-state index contributed by atoms with van der Waals surface area (Å²) in [7, 11) is 0. The molecule has 0 aromatic rings. The smallest absolute Gasteiger partial charge is 0.306 e. The maximum absolute atomic E-state index is 13.1. The zero-order valence-corrected chi connectivity index (χ0v) is 39.2. The van der Waals surface area contributed by atoms with E-state index in [0.717, 1.165) is 64.2 Å². The molecule has 58 heavy (non-hydrogen) atoms. The minimum atomic E-state index is -0.785. The van der Waals surface area contributed by atoms with Gasteiger partial charge in [-0.05, 0) is 44.9 Å². The van der Waals surface area contributed by atoms with Crippen LogP contribution in [0.1, 0.15) is 284 Å². The summed E-state index contributed by atoms with van der Waals surface area (Å²) >= 11 is 0. The number of allylic oxidation sites excluding steroid dienone is 2. The fourth-order valence-electron chi connectivity index (χ4n) is 8.14. The Bertz CT molecular complexity index is 878. The van der Waals surface area contributed by atoms with Crippen molar-refractivity contribution in [3.63, 3.8) is 0 Å². The van der Waals surface area contributed by atoms with Gasteiger partial charge in [0, 0.05) is 6.42 Å². The van der Waals surface area contributed by atoms with Gasteiger partial charge in [0.2, 0.25) is 5.91 Å². The van der Waals surface area contributed by atoms with Crippen molar-refractivity contribution in [3.8, 4) is 0 Å². The van der Waals surface area contributed by atoms with Crippen molar-refractivity contribution >= 4 is 11.9 Å². The van der Waals surface area contributed by atoms with E-state index in [1.54, 1.807) is 0 Å².